The van der Waals surface area contributed by atoms with Crippen LogP contribution in [0.3, 0.4) is 0 Å². The fourth-order valence-corrected chi connectivity index (χ4v) is 2.54. The second-order valence-electron chi connectivity index (χ2n) is 5.18. The van der Waals surface area contributed by atoms with Crippen LogP contribution in [0.5, 0.6) is 0 Å². The van der Waals surface area contributed by atoms with Crippen LogP contribution in [0.2, 0.25) is 0 Å². The minimum atomic E-state index is -4.68. The van der Waals surface area contributed by atoms with Crippen LogP contribution in [0.4, 0.5) is 13.2 Å². The van der Waals surface area contributed by atoms with Crippen molar-refractivity contribution in [2.24, 2.45) is 0 Å². The standard InChI is InChI=1S/C14H13F3N2O2/c15-14(16,17)11(20)7-12-18-13(19-21-12)10-5-8-3-1-2-4-9(8)6-10/h1-4,10-11,20H,5-7H2. The number of benzene rings is 1. The van der Waals surface area contributed by atoms with E-state index in [4.69, 9.17) is 9.63 Å². The van der Waals surface area contributed by atoms with E-state index in [0.29, 0.717) is 5.82 Å². The molecular formula is C14H13F3N2O2. The van der Waals surface area contributed by atoms with Crippen molar-refractivity contribution in [3.63, 3.8) is 0 Å². The van der Waals surface area contributed by atoms with E-state index in [1.807, 2.05) is 24.3 Å². The van der Waals surface area contributed by atoms with Crippen molar-refractivity contribution in [3.05, 3.63) is 47.1 Å². The van der Waals surface area contributed by atoms with E-state index < -0.39 is 18.7 Å². The maximum absolute atomic E-state index is 12.3. The first-order valence-corrected chi connectivity index (χ1v) is 6.57. The highest BCUT2D eigenvalue weighted by molar-refractivity contribution is 5.34. The van der Waals surface area contributed by atoms with E-state index >= 15 is 0 Å². The Kier molecular flexibility index (Phi) is 3.44. The van der Waals surface area contributed by atoms with Crippen molar-refractivity contribution in [2.45, 2.75) is 37.5 Å². The lowest BCUT2D eigenvalue weighted by molar-refractivity contribution is -0.204. The van der Waals surface area contributed by atoms with E-state index in [1.165, 1.54) is 11.1 Å². The van der Waals surface area contributed by atoms with Gasteiger partial charge in [0, 0.05) is 5.92 Å². The zero-order valence-electron chi connectivity index (χ0n) is 11.0. The van der Waals surface area contributed by atoms with E-state index in [0.717, 1.165) is 12.8 Å². The lowest BCUT2D eigenvalue weighted by atomic mass is 10.1. The molecule has 1 unspecified atom stereocenters. The summed E-state index contributed by atoms with van der Waals surface area (Å²) in [5, 5.41) is 12.8. The van der Waals surface area contributed by atoms with Crippen LogP contribution in [0.15, 0.2) is 28.8 Å². The maximum atomic E-state index is 12.3. The quantitative estimate of drug-likeness (QED) is 0.945. The zero-order chi connectivity index (χ0) is 15.0. The molecule has 0 saturated heterocycles. The molecule has 3 rings (SSSR count). The number of aromatic nitrogens is 2. The molecule has 0 saturated carbocycles. The van der Waals surface area contributed by atoms with Gasteiger partial charge in [-0.2, -0.15) is 18.2 Å². The molecule has 0 spiro atoms. The molecule has 0 radical (unpaired) electrons. The van der Waals surface area contributed by atoms with Gasteiger partial charge in [-0.1, -0.05) is 29.4 Å². The van der Waals surface area contributed by atoms with Gasteiger partial charge in [0.1, 0.15) is 0 Å². The Hall–Kier alpha value is -1.89. The molecule has 0 bridgehead atoms. The topological polar surface area (TPSA) is 59.2 Å². The molecule has 1 aliphatic rings. The molecule has 1 atom stereocenters. The number of fused-ring (bicyclic) bond motifs is 1. The number of aliphatic hydroxyl groups is 1. The molecule has 0 aliphatic heterocycles. The van der Waals surface area contributed by atoms with Gasteiger partial charge in [0.2, 0.25) is 5.89 Å². The SMILES string of the molecule is OC(Cc1nc(C2Cc3ccccc3C2)no1)C(F)(F)F. The lowest BCUT2D eigenvalue weighted by Gasteiger charge is -2.11. The molecule has 1 heterocycles. The smallest absolute Gasteiger partial charge is 0.383 e. The summed E-state index contributed by atoms with van der Waals surface area (Å²) in [5.74, 6) is 0.226. The van der Waals surface area contributed by atoms with Crippen LogP contribution >= 0.6 is 0 Å². The highest BCUT2D eigenvalue weighted by Gasteiger charge is 2.39. The van der Waals surface area contributed by atoms with Crippen LogP contribution in [0, 0.1) is 0 Å². The molecule has 7 heteroatoms. The second kappa shape index (κ2) is 5.14. The Morgan fingerprint density at radius 2 is 1.86 bits per heavy atom. The molecular weight excluding hydrogens is 285 g/mol. The molecule has 1 aromatic carbocycles. The van der Waals surface area contributed by atoms with Gasteiger partial charge < -0.3 is 9.63 Å². The monoisotopic (exact) mass is 298 g/mol. The lowest BCUT2D eigenvalue weighted by Crippen LogP contribution is -2.30. The Morgan fingerprint density at radius 1 is 1.24 bits per heavy atom. The van der Waals surface area contributed by atoms with Gasteiger partial charge >= 0.3 is 6.18 Å². The van der Waals surface area contributed by atoms with Gasteiger partial charge in [-0.05, 0) is 24.0 Å². The van der Waals surface area contributed by atoms with Crippen LogP contribution in [0.25, 0.3) is 0 Å². The average molecular weight is 298 g/mol. The summed E-state index contributed by atoms with van der Waals surface area (Å²) in [6, 6.07) is 7.93. The third-order valence-corrected chi connectivity index (χ3v) is 3.65. The molecule has 1 aliphatic carbocycles. The minimum absolute atomic E-state index is 0.0166. The van der Waals surface area contributed by atoms with Crippen molar-refractivity contribution in [1.82, 2.24) is 10.1 Å². The van der Waals surface area contributed by atoms with Crippen LogP contribution < -0.4 is 0 Å². The first kappa shape index (κ1) is 14.1. The van der Waals surface area contributed by atoms with Crippen molar-refractivity contribution < 1.29 is 22.8 Å². The Balaban J connectivity index is 1.70. The Labute approximate surface area is 118 Å². The fraction of sp³-hybridized carbons (Fsp3) is 0.429. The Bertz CT molecular complexity index is 614. The summed E-state index contributed by atoms with van der Waals surface area (Å²) in [4.78, 5) is 3.99. The molecule has 2 aromatic rings. The first-order chi connectivity index (χ1) is 9.93. The summed E-state index contributed by atoms with van der Waals surface area (Å²) in [6.45, 7) is 0. The second-order valence-corrected chi connectivity index (χ2v) is 5.18. The molecule has 0 fully saturated rings. The fourth-order valence-electron chi connectivity index (χ4n) is 2.54. The number of nitrogens with zero attached hydrogens (tertiary/aromatic N) is 2. The Morgan fingerprint density at radius 3 is 2.43 bits per heavy atom. The molecule has 0 amide bonds. The predicted molar refractivity (Wildman–Crippen MR) is 66.7 cm³/mol. The highest BCUT2D eigenvalue weighted by atomic mass is 19.4. The van der Waals surface area contributed by atoms with Crippen LogP contribution in [-0.2, 0) is 19.3 Å². The molecule has 4 nitrogen and oxygen atoms in total. The predicted octanol–water partition coefficient (Wildman–Crippen LogP) is 2.42. The largest absolute Gasteiger partial charge is 0.414 e. The number of halogens is 3. The number of alkyl halides is 3. The van der Waals surface area contributed by atoms with Gasteiger partial charge in [0.15, 0.2) is 11.9 Å². The average Bonchev–Trinajstić information content (AvgIpc) is 3.02. The first-order valence-electron chi connectivity index (χ1n) is 6.57. The summed E-state index contributed by atoms with van der Waals surface area (Å²) in [5.41, 5.74) is 2.40. The summed E-state index contributed by atoms with van der Waals surface area (Å²) < 4.78 is 41.7. The number of hydrogen-bond donors (Lipinski definition) is 1. The number of rotatable bonds is 3. The molecule has 21 heavy (non-hydrogen) atoms. The van der Waals surface area contributed by atoms with Gasteiger partial charge in [-0.25, -0.2) is 0 Å². The summed E-state index contributed by atoms with van der Waals surface area (Å²) in [7, 11) is 0. The van der Waals surface area contributed by atoms with Gasteiger partial charge in [0.05, 0.1) is 6.42 Å². The van der Waals surface area contributed by atoms with Gasteiger partial charge in [-0.3, -0.25) is 0 Å². The third kappa shape index (κ3) is 2.92. The van der Waals surface area contributed by atoms with Gasteiger partial charge in [-0.15, -0.1) is 0 Å². The van der Waals surface area contributed by atoms with Crippen molar-refractivity contribution in [2.75, 3.05) is 0 Å². The highest BCUT2D eigenvalue weighted by Crippen LogP contribution is 2.32. The van der Waals surface area contributed by atoms with E-state index in [2.05, 4.69) is 10.1 Å². The maximum Gasteiger partial charge on any atom is 0.414 e. The number of hydrogen-bond acceptors (Lipinski definition) is 4. The van der Waals surface area contributed by atoms with Crippen LogP contribution in [0.1, 0.15) is 28.8 Å². The minimum Gasteiger partial charge on any atom is -0.383 e. The third-order valence-electron chi connectivity index (χ3n) is 3.65. The zero-order valence-corrected chi connectivity index (χ0v) is 11.0. The van der Waals surface area contributed by atoms with E-state index in [1.54, 1.807) is 0 Å². The van der Waals surface area contributed by atoms with Gasteiger partial charge in [0.25, 0.3) is 0 Å². The van der Waals surface area contributed by atoms with Crippen LogP contribution in [-0.4, -0.2) is 27.5 Å². The van der Waals surface area contributed by atoms with E-state index in [9.17, 15) is 13.2 Å². The summed E-state index contributed by atoms with van der Waals surface area (Å²) in [6.07, 6.45) is -6.38. The molecule has 112 valence electrons. The molecule has 1 aromatic heterocycles. The van der Waals surface area contributed by atoms with Crippen molar-refractivity contribution in [3.8, 4) is 0 Å². The number of aliphatic hydroxyl groups excluding tert-OH is 1. The summed E-state index contributed by atoms with van der Waals surface area (Å²) >= 11 is 0. The van der Waals surface area contributed by atoms with Crippen molar-refractivity contribution >= 4 is 0 Å². The van der Waals surface area contributed by atoms with E-state index in [-0.39, 0.29) is 11.8 Å². The van der Waals surface area contributed by atoms with Crippen molar-refractivity contribution in [1.29, 1.82) is 0 Å². The molecule has 1 N–H and O–H groups in total. The normalized spacial score (nSPS) is 17.0.